The average Bonchev–Trinajstić information content (AvgIpc) is 3.04. The summed E-state index contributed by atoms with van der Waals surface area (Å²) in [6.45, 7) is 4.18. The molecule has 1 aliphatic rings. The van der Waals surface area contributed by atoms with Crippen molar-refractivity contribution in [2.75, 3.05) is 6.61 Å². The van der Waals surface area contributed by atoms with Gasteiger partial charge in [-0.15, -0.1) is 0 Å². The van der Waals surface area contributed by atoms with Crippen molar-refractivity contribution in [2.45, 2.75) is 50.0 Å². The topological polar surface area (TPSA) is 105 Å². The average molecular weight is 407 g/mol. The molecule has 8 heteroatoms. The SMILES string of the molecule is CC(C)CC(NS(=O)(=O)c1ccc2ccccc2c1)C(=O)NC1CCOC1O. The number of fused-ring (bicyclic) bond motifs is 1. The summed E-state index contributed by atoms with van der Waals surface area (Å²) in [6.07, 6.45) is -0.248. The van der Waals surface area contributed by atoms with Crippen molar-refractivity contribution in [1.29, 1.82) is 0 Å². The minimum Gasteiger partial charge on any atom is -0.366 e. The number of aliphatic hydroxyl groups is 1. The van der Waals surface area contributed by atoms with E-state index in [0.29, 0.717) is 19.4 Å². The molecule has 28 heavy (non-hydrogen) atoms. The second kappa shape index (κ2) is 8.57. The Bertz CT molecular complexity index is 945. The van der Waals surface area contributed by atoms with E-state index in [4.69, 9.17) is 4.74 Å². The van der Waals surface area contributed by atoms with Crippen molar-refractivity contribution in [1.82, 2.24) is 10.0 Å². The first-order chi connectivity index (χ1) is 13.3. The number of hydrogen-bond acceptors (Lipinski definition) is 5. The van der Waals surface area contributed by atoms with Crippen LogP contribution in [-0.2, 0) is 19.6 Å². The number of hydrogen-bond donors (Lipinski definition) is 3. The molecule has 0 radical (unpaired) electrons. The van der Waals surface area contributed by atoms with E-state index in [1.54, 1.807) is 12.1 Å². The monoisotopic (exact) mass is 406 g/mol. The van der Waals surface area contributed by atoms with Crippen molar-refractivity contribution in [3.05, 3.63) is 42.5 Å². The van der Waals surface area contributed by atoms with Crippen LogP contribution in [0, 0.1) is 5.92 Å². The van der Waals surface area contributed by atoms with E-state index in [9.17, 15) is 18.3 Å². The molecule has 3 atom stereocenters. The van der Waals surface area contributed by atoms with Crippen molar-refractivity contribution in [3.8, 4) is 0 Å². The summed E-state index contributed by atoms with van der Waals surface area (Å²) in [5.41, 5.74) is 0. The number of nitrogens with one attached hydrogen (secondary N) is 2. The Morgan fingerprint density at radius 2 is 1.93 bits per heavy atom. The summed E-state index contributed by atoms with van der Waals surface area (Å²) >= 11 is 0. The van der Waals surface area contributed by atoms with Crippen LogP contribution in [0.1, 0.15) is 26.7 Å². The van der Waals surface area contributed by atoms with Crippen LogP contribution in [-0.4, -0.2) is 44.4 Å². The van der Waals surface area contributed by atoms with E-state index < -0.39 is 34.3 Å². The molecule has 152 valence electrons. The number of amides is 1. The summed E-state index contributed by atoms with van der Waals surface area (Å²) in [5, 5.41) is 14.2. The Balaban J connectivity index is 1.80. The number of carbonyl (C=O) groups excluding carboxylic acids is 1. The third kappa shape index (κ3) is 4.88. The molecule has 0 spiro atoms. The lowest BCUT2D eigenvalue weighted by Gasteiger charge is -2.23. The number of sulfonamides is 1. The maximum Gasteiger partial charge on any atom is 0.241 e. The number of carbonyl (C=O) groups is 1. The molecule has 0 aliphatic carbocycles. The highest BCUT2D eigenvalue weighted by atomic mass is 32.2. The minimum absolute atomic E-state index is 0.0970. The lowest BCUT2D eigenvalue weighted by Crippen LogP contribution is -2.51. The summed E-state index contributed by atoms with van der Waals surface area (Å²) < 4.78 is 33.4. The van der Waals surface area contributed by atoms with Gasteiger partial charge in [-0.05, 0) is 41.7 Å². The standard InChI is InChI=1S/C20H26N2O5S/c1-13(2)11-18(19(23)21-17-9-10-27-20(17)24)22-28(25,26)16-8-7-14-5-3-4-6-15(14)12-16/h3-8,12-13,17-18,20,22,24H,9-11H2,1-2H3,(H,21,23). The highest BCUT2D eigenvalue weighted by molar-refractivity contribution is 7.89. The van der Waals surface area contributed by atoms with E-state index in [0.717, 1.165) is 10.8 Å². The summed E-state index contributed by atoms with van der Waals surface area (Å²) in [5.74, 6) is -0.368. The molecule has 0 bridgehead atoms. The smallest absolute Gasteiger partial charge is 0.241 e. The maximum atomic E-state index is 12.9. The fraction of sp³-hybridized carbons (Fsp3) is 0.450. The zero-order chi connectivity index (χ0) is 20.3. The van der Waals surface area contributed by atoms with Gasteiger partial charge in [0, 0.05) is 0 Å². The Kier molecular flexibility index (Phi) is 6.34. The van der Waals surface area contributed by atoms with E-state index in [1.165, 1.54) is 6.07 Å². The largest absolute Gasteiger partial charge is 0.366 e. The van der Waals surface area contributed by atoms with Gasteiger partial charge in [-0.3, -0.25) is 4.79 Å². The van der Waals surface area contributed by atoms with Gasteiger partial charge in [-0.1, -0.05) is 44.2 Å². The van der Waals surface area contributed by atoms with Crippen LogP contribution in [0.4, 0.5) is 0 Å². The molecular weight excluding hydrogens is 380 g/mol. The van der Waals surface area contributed by atoms with Crippen LogP contribution >= 0.6 is 0 Å². The fourth-order valence-corrected chi connectivity index (χ4v) is 4.51. The van der Waals surface area contributed by atoms with Gasteiger partial charge < -0.3 is 15.2 Å². The van der Waals surface area contributed by atoms with Gasteiger partial charge >= 0.3 is 0 Å². The Morgan fingerprint density at radius 3 is 2.57 bits per heavy atom. The highest BCUT2D eigenvalue weighted by Crippen LogP contribution is 2.20. The van der Waals surface area contributed by atoms with Gasteiger partial charge in [0.05, 0.1) is 17.5 Å². The zero-order valence-corrected chi connectivity index (χ0v) is 16.8. The lowest BCUT2D eigenvalue weighted by molar-refractivity contribution is -0.127. The lowest BCUT2D eigenvalue weighted by atomic mass is 10.0. The van der Waals surface area contributed by atoms with Crippen molar-refractivity contribution in [2.24, 2.45) is 5.92 Å². The molecule has 1 aliphatic heterocycles. The maximum absolute atomic E-state index is 12.9. The second-order valence-corrected chi connectivity index (χ2v) is 9.19. The van der Waals surface area contributed by atoms with Crippen molar-refractivity contribution >= 4 is 26.7 Å². The van der Waals surface area contributed by atoms with Crippen molar-refractivity contribution < 1.29 is 23.1 Å². The molecule has 1 amide bonds. The molecule has 1 heterocycles. The molecule has 0 saturated carbocycles. The van der Waals surface area contributed by atoms with Crippen LogP contribution in [0.5, 0.6) is 0 Å². The van der Waals surface area contributed by atoms with Gasteiger partial charge in [0.25, 0.3) is 0 Å². The predicted molar refractivity (Wildman–Crippen MR) is 106 cm³/mol. The fourth-order valence-electron chi connectivity index (χ4n) is 3.27. The van der Waals surface area contributed by atoms with Crippen LogP contribution < -0.4 is 10.0 Å². The molecule has 3 unspecified atom stereocenters. The second-order valence-electron chi connectivity index (χ2n) is 7.48. The Labute approximate surface area is 165 Å². The zero-order valence-electron chi connectivity index (χ0n) is 16.0. The molecular formula is C20H26N2O5S. The van der Waals surface area contributed by atoms with Crippen molar-refractivity contribution in [3.63, 3.8) is 0 Å². The molecule has 7 nitrogen and oxygen atoms in total. The van der Waals surface area contributed by atoms with Gasteiger partial charge in [-0.25, -0.2) is 8.42 Å². The van der Waals surface area contributed by atoms with Gasteiger partial charge in [-0.2, -0.15) is 4.72 Å². The Morgan fingerprint density at radius 1 is 1.21 bits per heavy atom. The number of ether oxygens (including phenoxy) is 1. The first-order valence-electron chi connectivity index (χ1n) is 9.37. The first kappa shape index (κ1) is 20.7. The highest BCUT2D eigenvalue weighted by Gasteiger charge is 2.32. The van der Waals surface area contributed by atoms with Gasteiger partial charge in [0.15, 0.2) is 6.29 Å². The molecule has 1 saturated heterocycles. The summed E-state index contributed by atoms with van der Waals surface area (Å²) in [7, 11) is -3.89. The number of aliphatic hydroxyl groups excluding tert-OH is 1. The quantitative estimate of drug-likeness (QED) is 0.650. The summed E-state index contributed by atoms with van der Waals surface area (Å²) in [6, 6.07) is 10.9. The van der Waals surface area contributed by atoms with Gasteiger partial charge in [0.1, 0.15) is 6.04 Å². The van der Waals surface area contributed by atoms with Gasteiger partial charge in [0.2, 0.25) is 15.9 Å². The van der Waals surface area contributed by atoms with Crippen LogP contribution in [0.15, 0.2) is 47.4 Å². The number of benzene rings is 2. The molecule has 3 N–H and O–H groups in total. The predicted octanol–water partition coefficient (Wildman–Crippen LogP) is 1.76. The normalized spacial score (nSPS) is 21.1. The molecule has 1 fully saturated rings. The molecule has 0 aromatic heterocycles. The molecule has 2 aromatic rings. The first-order valence-corrected chi connectivity index (χ1v) is 10.9. The van der Waals surface area contributed by atoms with E-state index in [1.807, 2.05) is 38.1 Å². The van der Waals surface area contributed by atoms with Crippen LogP contribution in [0.25, 0.3) is 10.8 Å². The van der Waals surface area contributed by atoms with E-state index in [-0.39, 0.29) is 10.8 Å². The van der Waals surface area contributed by atoms with E-state index >= 15 is 0 Å². The van der Waals surface area contributed by atoms with Crippen LogP contribution in [0.3, 0.4) is 0 Å². The third-order valence-electron chi connectivity index (χ3n) is 4.74. The molecule has 2 aromatic carbocycles. The van der Waals surface area contributed by atoms with Crippen LogP contribution in [0.2, 0.25) is 0 Å². The Hall–Kier alpha value is -2.00. The van der Waals surface area contributed by atoms with E-state index in [2.05, 4.69) is 10.0 Å². The third-order valence-corrected chi connectivity index (χ3v) is 6.21. The molecule has 3 rings (SSSR count). The number of rotatable bonds is 7. The summed E-state index contributed by atoms with van der Waals surface area (Å²) in [4.78, 5) is 12.8. The minimum atomic E-state index is -3.89.